The third-order valence-corrected chi connectivity index (χ3v) is 5.37. The predicted octanol–water partition coefficient (Wildman–Crippen LogP) is 3.93. The quantitative estimate of drug-likeness (QED) is 0.815. The smallest absolute Gasteiger partial charge is 0.320 e. The van der Waals surface area contributed by atoms with E-state index in [0.29, 0.717) is 24.3 Å². The highest BCUT2D eigenvalue weighted by Gasteiger charge is 2.36. The summed E-state index contributed by atoms with van der Waals surface area (Å²) >= 11 is 0. The lowest BCUT2D eigenvalue weighted by molar-refractivity contribution is -0.145. The molecule has 28 heavy (non-hydrogen) atoms. The molecule has 0 saturated carbocycles. The minimum Gasteiger partial charge on any atom is -0.496 e. The number of methoxy groups -OCH3 is 1. The molecule has 0 aliphatic carbocycles. The van der Waals surface area contributed by atoms with Gasteiger partial charge in [0.1, 0.15) is 17.6 Å². The van der Waals surface area contributed by atoms with Gasteiger partial charge in [-0.25, -0.2) is 4.39 Å². The fraction of sp³-hybridized carbons (Fsp3) is 0.409. The molecular weight excluding hydrogens is 359 g/mol. The maximum Gasteiger partial charge on any atom is 0.320 e. The van der Waals surface area contributed by atoms with Gasteiger partial charge >= 0.3 is 5.97 Å². The summed E-state index contributed by atoms with van der Waals surface area (Å²) in [7, 11) is 5.48. The molecule has 2 aromatic carbocycles. The molecule has 1 N–H and O–H groups in total. The highest BCUT2D eigenvalue weighted by molar-refractivity contribution is 5.74. The summed E-state index contributed by atoms with van der Waals surface area (Å²) in [5, 5.41) is 9.80. The summed E-state index contributed by atoms with van der Waals surface area (Å²) in [5.41, 5.74) is 2.61. The Hall–Kier alpha value is -2.60. The van der Waals surface area contributed by atoms with Crippen molar-refractivity contribution in [1.29, 1.82) is 0 Å². The first kappa shape index (κ1) is 20.1. The second kappa shape index (κ2) is 8.61. The van der Waals surface area contributed by atoms with Crippen LogP contribution in [0.5, 0.6) is 5.75 Å². The van der Waals surface area contributed by atoms with E-state index >= 15 is 0 Å². The molecule has 2 unspecified atom stereocenters. The first-order chi connectivity index (χ1) is 13.4. The number of carboxylic acids is 1. The van der Waals surface area contributed by atoms with Gasteiger partial charge in [-0.15, -0.1) is 0 Å². The normalized spacial score (nSPS) is 18.5. The molecule has 1 heterocycles. The number of ether oxygens (including phenoxy) is 1. The van der Waals surface area contributed by atoms with E-state index in [9.17, 15) is 14.3 Å². The molecule has 0 bridgehead atoms. The molecule has 5 nitrogen and oxygen atoms in total. The van der Waals surface area contributed by atoms with Crippen molar-refractivity contribution in [3.63, 3.8) is 0 Å². The number of aliphatic carboxylic acids is 1. The van der Waals surface area contributed by atoms with Crippen LogP contribution in [0.25, 0.3) is 0 Å². The van der Waals surface area contributed by atoms with E-state index in [-0.39, 0.29) is 5.82 Å². The Morgan fingerprint density at radius 3 is 2.54 bits per heavy atom. The zero-order valence-corrected chi connectivity index (χ0v) is 16.6. The van der Waals surface area contributed by atoms with Crippen molar-refractivity contribution < 1.29 is 19.0 Å². The summed E-state index contributed by atoms with van der Waals surface area (Å²) in [6.07, 6.45) is 2.37. The molecule has 0 spiro atoms. The van der Waals surface area contributed by atoms with Crippen LogP contribution in [-0.2, 0) is 4.79 Å². The fourth-order valence-corrected chi connectivity index (χ4v) is 3.95. The summed E-state index contributed by atoms with van der Waals surface area (Å²) in [4.78, 5) is 15.9. The van der Waals surface area contributed by atoms with Crippen LogP contribution < -0.4 is 9.64 Å². The summed E-state index contributed by atoms with van der Waals surface area (Å²) in [6.45, 7) is 0.636. The molecule has 2 atom stereocenters. The Bertz CT molecular complexity index is 823. The standard InChI is InChI=1S/C22H27FN2O3/c1-24(2)17-10-7-15(8-11-17)21(18-14-16(23)9-12-20(18)28-3)25-13-5-4-6-19(25)22(26)27/h7-12,14,19,21H,4-6,13H2,1-3H3,(H,26,27). The third-order valence-electron chi connectivity index (χ3n) is 5.37. The minimum atomic E-state index is -0.843. The molecule has 3 rings (SSSR count). The van der Waals surface area contributed by atoms with Crippen molar-refractivity contribution in [2.45, 2.75) is 31.3 Å². The van der Waals surface area contributed by atoms with Gasteiger partial charge in [0.05, 0.1) is 13.2 Å². The van der Waals surface area contributed by atoms with E-state index in [2.05, 4.69) is 0 Å². The SMILES string of the molecule is COc1ccc(F)cc1C(c1ccc(N(C)C)cc1)N1CCCCC1C(=O)O. The minimum absolute atomic E-state index is 0.366. The van der Waals surface area contributed by atoms with Crippen molar-refractivity contribution in [2.75, 3.05) is 32.6 Å². The number of rotatable bonds is 6. The van der Waals surface area contributed by atoms with Crippen LogP contribution in [-0.4, -0.2) is 49.8 Å². The molecule has 1 aliphatic rings. The Morgan fingerprint density at radius 2 is 1.93 bits per heavy atom. The largest absolute Gasteiger partial charge is 0.496 e. The van der Waals surface area contributed by atoms with Gasteiger partial charge in [0, 0.05) is 25.3 Å². The van der Waals surface area contributed by atoms with Gasteiger partial charge in [0.25, 0.3) is 0 Å². The van der Waals surface area contributed by atoms with Crippen LogP contribution in [0.3, 0.4) is 0 Å². The first-order valence-electron chi connectivity index (χ1n) is 9.51. The summed E-state index contributed by atoms with van der Waals surface area (Å²) in [5.74, 6) is -0.655. The molecule has 0 aromatic heterocycles. The van der Waals surface area contributed by atoms with Crippen molar-refractivity contribution in [2.24, 2.45) is 0 Å². The number of halogens is 1. The van der Waals surface area contributed by atoms with Crippen molar-refractivity contribution in [1.82, 2.24) is 4.90 Å². The van der Waals surface area contributed by atoms with Crippen LogP contribution >= 0.6 is 0 Å². The zero-order chi connectivity index (χ0) is 20.3. The molecule has 0 amide bonds. The number of nitrogens with zero attached hydrogens (tertiary/aromatic N) is 2. The van der Waals surface area contributed by atoms with Crippen molar-refractivity contribution >= 4 is 11.7 Å². The van der Waals surface area contributed by atoms with Gasteiger partial charge in [0.15, 0.2) is 0 Å². The molecule has 2 aromatic rings. The third kappa shape index (κ3) is 4.12. The van der Waals surface area contributed by atoms with Crippen molar-refractivity contribution in [3.05, 3.63) is 59.4 Å². The highest BCUT2D eigenvalue weighted by atomic mass is 19.1. The van der Waals surface area contributed by atoms with Crippen LogP contribution in [0.4, 0.5) is 10.1 Å². The molecule has 150 valence electrons. The average molecular weight is 386 g/mol. The van der Waals surface area contributed by atoms with E-state index in [1.807, 2.05) is 48.2 Å². The number of carboxylic acid groups (broad SMARTS) is 1. The van der Waals surface area contributed by atoms with Crippen LogP contribution in [0, 0.1) is 5.82 Å². The number of anilines is 1. The second-order valence-electron chi connectivity index (χ2n) is 7.36. The highest BCUT2D eigenvalue weighted by Crippen LogP contribution is 2.39. The number of carbonyl (C=O) groups is 1. The second-order valence-corrected chi connectivity index (χ2v) is 7.36. The first-order valence-corrected chi connectivity index (χ1v) is 9.51. The number of piperidine rings is 1. The predicted molar refractivity (Wildman–Crippen MR) is 108 cm³/mol. The van der Waals surface area contributed by atoms with Gasteiger partial charge in [-0.2, -0.15) is 0 Å². The van der Waals surface area contributed by atoms with Crippen molar-refractivity contribution in [3.8, 4) is 5.75 Å². The van der Waals surface area contributed by atoms with E-state index in [4.69, 9.17) is 4.74 Å². The Balaban J connectivity index is 2.13. The van der Waals surface area contributed by atoms with Crippen LogP contribution in [0.15, 0.2) is 42.5 Å². The lowest BCUT2D eigenvalue weighted by Crippen LogP contribution is -2.47. The van der Waals surface area contributed by atoms with Crippen LogP contribution in [0.1, 0.15) is 36.4 Å². The maximum absolute atomic E-state index is 14.2. The Labute approximate surface area is 165 Å². The molecule has 0 radical (unpaired) electrons. The number of hydrogen-bond donors (Lipinski definition) is 1. The fourth-order valence-electron chi connectivity index (χ4n) is 3.95. The topological polar surface area (TPSA) is 53.0 Å². The van der Waals surface area contributed by atoms with Gasteiger partial charge in [-0.1, -0.05) is 18.6 Å². The van der Waals surface area contributed by atoms with Crippen LogP contribution in [0.2, 0.25) is 0 Å². The number of hydrogen-bond acceptors (Lipinski definition) is 4. The van der Waals surface area contributed by atoms with Gasteiger partial charge in [-0.3, -0.25) is 9.69 Å². The number of likely N-dealkylation sites (tertiary alicyclic amines) is 1. The Morgan fingerprint density at radius 1 is 1.21 bits per heavy atom. The summed E-state index contributed by atoms with van der Waals surface area (Å²) < 4.78 is 19.7. The van der Waals surface area contributed by atoms with E-state index in [0.717, 1.165) is 24.1 Å². The average Bonchev–Trinajstić information content (AvgIpc) is 2.69. The van der Waals surface area contributed by atoms with E-state index < -0.39 is 18.1 Å². The number of benzene rings is 2. The molecule has 1 aliphatic heterocycles. The van der Waals surface area contributed by atoms with Gasteiger partial charge in [0.2, 0.25) is 0 Å². The molecule has 1 fully saturated rings. The van der Waals surface area contributed by atoms with Gasteiger partial charge in [-0.05, 0) is 55.3 Å². The van der Waals surface area contributed by atoms with E-state index in [1.165, 1.54) is 12.1 Å². The maximum atomic E-state index is 14.2. The lowest BCUT2D eigenvalue weighted by Gasteiger charge is -2.40. The monoisotopic (exact) mass is 386 g/mol. The summed E-state index contributed by atoms with van der Waals surface area (Å²) in [6, 6.07) is 11.4. The zero-order valence-electron chi connectivity index (χ0n) is 16.6. The Kier molecular flexibility index (Phi) is 6.19. The molecule has 6 heteroatoms. The molecule has 1 saturated heterocycles. The molecular formula is C22H27FN2O3. The van der Waals surface area contributed by atoms with Gasteiger partial charge < -0.3 is 14.7 Å². The lowest BCUT2D eigenvalue weighted by atomic mass is 9.91. The van der Waals surface area contributed by atoms with E-state index in [1.54, 1.807) is 13.2 Å².